The number of nitriles is 1. The number of likely N-dealkylation sites (N-methyl/N-ethyl adjacent to an activating group) is 1. The number of pyridine rings is 1. The zero-order valence-corrected chi connectivity index (χ0v) is 12.0. The van der Waals surface area contributed by atoms with Crippen molar-refractivity contribution < 1.29 is 18.3 Å². The Kier molecular flexibility index (Phi) is 4.24. The second-order valence-corrected chi connectivity index (χ2v) is 5.01. The first-order valence-corrected chi connectivity index (χ1v) is 6.52. The predicted octanol–water partition coefficient (Wildman–Crippen LogP) is 2.85. The van der Waals surface area contributed by atoms with Crippen molar-refractivity contribution in [1.82, 2.24) is 4.98 Å². The van der Waals surface area contributed by atoms with E-state index in [0.29, 0.717) is 16.5 Å². The van der Waals surface area contributed by atoms with Crippen LogP contribution in [-0.4, -0.2) is 35.5 Å². The van der Waals surface area contributed by atoms with Crippen molar-refractivity contribution >= 4 is 16.5 Å². The number of aromatic nitrogens is 1. The standard InChI is InChI=1S/C15H14F3N3O/c1-9(14(22)15(16,17)18)21(2)11-3-4-12-10(7-11)5-6-20-13(12)8-19/h3-7,9,14,22H,1-2H3/t9-,14-/m1/s1. The lowest BCUT2D eigenvalue weighted by Crippen LogP contribution is -2.47. The molecule has 116 valence electrons. The maximum Gasteiger partial charge on any atom is 0.416 e. The van der Waals surface area contributed by atoms with Crippen LogP contribution in [0, 0.1) is 11.3 Å². The minimum atomic E-state index is -4.68. The van der Waals surface area contributed by atoms with Crippen molar-refractivity contribution in [2.45, 2.75) is 25.2 Å². The van der Waals surface area contributed by atoms with Gasteiger partial charge in [0.25, 0.3) is 0 Å². The Labute approximate surface area is 125 Å². The number of rotatable bonds is 3. The van der Waals surface area contributed by atoms with E-state index in [1.54, 1.807) is 24.3 Å². The van der Waals surface area contributed by atoms with Crippen LogP contribution in [0.15, 0.2) is 30.5 Å². The van der Waals surface area contributed by atoms with Gasteiger partial charge in [0.15, 0.2) is 6.10 Å². The van der Waals surface area contributed by atoms with Crippen LogP contribution in [0.1, 0.15) is 12.6 Å². The number of aliphatic hydroxyl groups is 1. The molecule has 4 nitrogen and oxygen atoms in total. The van der Waals surface area contributed by atoms with Crippen LogP contribution in [0.25, 0.3) is 10.8 Å². The Morgan fingerprint density at radius 1 is 1.32 bits per heavy atom. The summed E-state index contributed by atoms with van der Waals surface area (Å²) in [7, 11) is 1.48. The lowest BCUT2D eigenvalue weighted by atomic mass is 10.1. The highest BCUT2D eigenvalue weighted by atomic mass is 19.4. The van der Waals surface area contributed by atoms with Gasteiger partial charge in [-0.05, 0) is 36.6 Å². The van der Waals surface area contributed by atoms with Crippen LogP contribution < -0.4 is 4.90 Å². The van der Waals surface area contributed by atoms with Gasteiger partial charge >= 0.3 is 6.18 Å². The van der Waals surface area contributed by atoms with E-state index in [0.717, 1.165) is 0 Å². The SMILES string of the molecule is C[C@H]([C@@H](O)C(F)(F)F)N(C)c1ccc2c(C#N)nccc2c1. The second-order valence-electron chi connectivity index (χ2n) is 5.01. The molecule has 7 heteroatoms. The molecule has 0 saturated heterocycles. The highest BCUT2D eigenvalue weighted by molar-refractivity contribution is 5.89. The molecule has 0 bridgehead atoms. The fourth-order valence-corrected chi connectivity index (χ4v) is 2.19. The topological polar surface area (TPSA) is 60.1 Å². The van der Waals surface area contributed by atoms with Crippen LogP contribution in [0.2, 0.25) is 0 Å². The van der Waals surface area contributed by atoms with E-state index in [4.69, 9.17) is 5.26 Å². The van der Waals surface area contributed by atoms with Crippen LogP contribution >= 0.6 is 0 Å². The molecule has 1 aromatic heterocycles. The average molecular weight is 309 g/mol. The normalized spacial score (nSPS) is 14.4. The molecule has 0 aliphatic carbocycles. The van der Waals surface area contributed by atoms with Gasteiger partial charge in [-0.3, -0.25) is 0 Å². The Hall–Kier alpha value is -2.33. The number of nitrogens with zero attached hydrogens (tertiary/aromatic N) is 3. The maximum absolute atomic E-state index is 12.6. The molecule has 0 saturated carbocycles. The Morgan fingerprint density at radius 2 is 2.00 bits per heavy atom. The molecule has 1 heterocycles. The highest BCUT2D eigenvalue weighted by Gasteiger charge is 2.43. The van der Waals surface area contributed by atoms with Gasteiger partial charge in [0.1, 0.15) is 11.8 Å². The summed E-state index contributed by atoms with van der Waals surface area (Å²) >= 11 is 0. The molecule has 0 unspecified atom stereocenters. The van der Waals surface area contributed by atoms with Gasteiger partial charge in [-0.15, -0.1) is 0 Å². The van der Waals surface area contributed by atoms with Gasteiger partial charge in [-0.1, -0.05) is 0 Å². The smallest absolute Gasteiger partial charge is 0.382 e. The number of benzene rings is 1. The van der Waals surface area contributed by atoms with Crippen molar-refractivity contribution in [1.29, 1.82) is 5.26 Å². The van der Waals surface area contributed by atoms with E-state index in [1.165, 1.54) is 25.1 Å². The lowest BCUT2D eigenvalue weighted by Gasteiger charge is -2.31. The van der Waals surface area contributed by atoms with Crippen molar-refractivity contribution in [3.8, 4) is 6.07 Å². The Morgan fingerprint density at radius 3 is 2.59 bits per heavy atom. The largest absolute Gasteiger partial charge is 0.416 e. The van der Waals surface area contributed by atoms with E-state index < -0.39 is 18.3 Å². The monoisotopic (exact) mass is 309 g/mol. The molecule has 2 aromatic rings. The molecule has 0 aliphatic heterocycles. The molecule has 2 rings (SSSR count). The molecule has 0 fully saturated rings. The third kappa shape index (κ3) is 2.97. The van der Waals surface area contributed by atoms with Crippen LogP contribution in [0.3, 0.4) is 0 Å². The summed E-state index contributed by atoms with van der Waals surface area (Å²) in [5.74, 6) is 0. The molecule has 1 aromatic carbocycles. The molecule has 0 spiro atoms. The van der Waals surface area contributed by atoms with Crippen LogP contribution in [0.4, 0.5) is 18.9 Å². The maximum atomic E-state index is 12.6. The van der Waals surface area contributed by atoms with Gasteiger partial charge in [-0.25, -0.2) is 4.98 Å². The second kappa shape index (κ2) is 5.81. The molecular weight excluding hydrogens is 295 g/mol. The van der Waals surface area contributed by atoms with Crippen molar-refractivity contribution in [2.24, 2.45) is 0 Å². The Bertz CT molecular complexity index is 724. The van der Waals surface area contributed by atoms with Gasteiger partial charge in [0.2, 0.25) is 0 Å². The summed E-state index contributed by atoms with van der Waals surface area (Å²) in [6.45, 7) is 1.30. The number of fused-ring (bicyclic) bond motifs is 1. The average Bonchev–Trinajstić information content (AvgIpc) is 2.50. The molecule has 0 radical (unpaired) electrons. The summed E-state index contributed by atoms with van der Waals surface area (Å²) in [6, 6.07) is 7.41. The first kappa shape index (κ1) is 16.0. The van der Waals surface area contributed by atoms with Gasteiger partial charge in [-0.2, -0.15) is 18.4 Å². The minimum Gasteiger partial charge on any atom is -0.382 e. The third-order valence-electron chi connectivity index (χ3n) is 3.66. The molecule has 1 N–H and O–H groups in total. The number of anilines is 1. The summed E-state index contributed by atoms with van der Waals surface area (Å²) in [4.78, 5) is 5.28. The number of hydrogen-bond donors (Lipinski definition) is 1. The Balaban J connectivity index is 2.37. The van der Waals surface area contributed by atoms with E-state index in [9.17, 15) is 18.3 Å². The third-order valence-corrected chi connectivity index (χ3v) is 3.66. The van der Waals surface area contributed by atoms with Crippen LogP contribution in [0.5, 0.6) is 0 Å². The van der Waals surface area contributed by atoms with E-state index in [-0.39, 0.29) is 5.69 Å². The van der Waals surface area contributed by atoms with Crippen molar-refractivity contribution in [3.63, 3.8) is 0 Å². The fourth-order valence-electron chi connectivity index (χ4n) is 2.19. The number of aliphatic hydroxyl groups excluding tert-OH is 1. The first-order chi connectivity index (χ1) is 10.3. The zero-order chi connectivity index (χ0) is 16.5. The minimum absolute atomic E-state index is 0.259. The number of alkyl halides is 3. The van der Waals surface area contributed by atoms with E-state index >= 15 is 0 Å². The molecular formula is C15H14F3N3O. The summed E-state index contributed by atoms with van der Waals surface area (Å²) in [5.41, 5.74) is 0.772. The van der Waals surface area contributed by atoms with E-state index in [1.807, 2.05) is 6.07 Å². The fraction of sp³-hybridized carbons (Fsp3) is 0.333. The van der Waals surface area contributed by atoms with Gasteiger partial charge < -0.3 is 10.0 Å². The zero-order valence-electron chi connectivity index (χ0n) is 12.0. The molecule has 2 atom stereocenters. The van der Waals surface area contributed by atoms with Gasteiger partial charge in [0.05, 0.1) is 6.04 Å². The number of hydrogen-bond acceptors (Lipinski definition) is 4. The van der Waals surface area contributed by atoms with Crippen molar-refractivity contribution in [3.05, 3.63) is 36.2 Å². The summed E-state index contributed by atoms with van der Waals surface area (Å²) in [6.07, 6.45) is -5.65. The molecule has 22 heavy (non-hydrogen) atoms. The molecule has 0 aliphatic rings. The first-order valence-electron chi connectivity index (χ1n) is 6.52. The van der Waals surface area contributed by atoms with Gasteiger partial charge in [0, 0.05) is 24.3 Å². The van der Waals surface area contributed by atoms with E-state index in [2.05, 4.69) is 4.98 Å². The summed E-state index contributed by atoms with van der Waals surface area (Å²) < 4.78 is 37.8. The van der Waals surface area contributed by atoms with Crippen molar-refractivity contribution in [2.75, 3.05) is 11.9 Å². The molecule has 0 amide bonds. The highest BCUT2D eigenvalue weighted by Crippen LogP contribution is 2.29. The number of halogens is 3. The predicted molar refractivity (Wildman–Crippen MR) is 76.4 cm³/mol. The quantitative estimate of drug-likeness (QED) is 0.947. The lowest BCUT2D eigenvalue weighted by molar-refractivity contribution is -0.208. The summed E-state index contributed by atoms with van der Waals surface area (Å²) in [5, 5.41) is 19.7. The van der Waals surface area contributed by atoms with Crippen LogP contribution in [-0.2, 0) is 0 Å².